The minimum absolute atomic E-state index is 0.0739. The van der Waals surface area contributed by atoms with Gasteiger partial charge < -0.3 is 16.0 Å². The van der Waals surface area contributed by atoms with E-state index in [1.165, 1.54) is 4.90 Å². The number of carbonyl (C=O) groups is 4. The largest absolute Gasteiger partial charge is 0.368 e. The van der Waals surface area contributed by atoms with Crippen LogP contribution >= 0.6 is 0 Å². The molecule has 1 unspecified atom stereocenters. The fourth-order valence-electron chi connectivity index (χ4n) is 2.34. The maximum Gasteiger partial charge on any atom is 0.325 e. The molecular weight excluding hydrogens is 300 g/mol. The van der Waals surface area contributed by atoms with Gasteiger partial charge in [-0.2, -0.15) is 0 Å². The molecule has 1 aromatic rings. The maximum absolute atomic E-state index is 12.3. The van der Waals surface area contributed by atoms with Crippen molar-refractivity contribution >= 4 is 23.8 Å². The van der Waals surface area contributed by atoms with Gasteiger partial charge in [0, 0.05) is 19.6 Å². The molecule has 0 bridgehead atoms. The second kappa shape index (κ2) is 6.91. The first kappa shape index (κ1) is 16.5. The van der Waals surface area contributed by atoms with Crippen LogP contribution in [0.2, 0.25) is 0 Å². The predicted molar refractivity (Wildman–Crippen MR) is 80.9 cm³/mol. The number of benzene rings is 1. The number of amides is 5. The first-order valence-corrected chi connectivity index (χ1v) is 7.21. The van der Waals surface area contributed by atoms with Gasteiger partial charge in [0.25, 0.3) is 0 Å². The van der Waals surface area contributed by atoms with Crippen molar-refractivity contribution in [3.63, 3.8) is 0 Å². The Balaban J connectivity index is 2.12. The van der Waals surface area contributed by atoms with Crippen molar-refractivity contribution in [3.05, 3.63) is 35.9 Å². The molecule has 0 aliphatic carbocycles. The SMILES string of the molecule is CCN1CCN(C(=O)NC(C(N)=O)c2ccccc2)C(=O)C1=O. The monoisotopic (exact) mass is 318 g/mol. The fraction of sp³-hybridized carbons (Fsp3) is 0.333. The van der Waals surface area contributed by atoms with Crippen molar-refractivity contribution < 1.29 is 19.2 Å². The molecular formula is C15H18N4O4. The highest BCUT2D eigenvalue weighted by Gasteiger charge is 2.36. The van der Waals surface area contributed by atoms with E-state index in [-0.39, 0.29) is 13.1 Å². The zero-order valence-electron chi connectivity index (χ0n) is 12.7. The number of piperazine rings is 1. The third-order valence-electron chi connectivity index (χ3n) is 3.62. The van der Waals surface area contributed by atoms with E-state index in [2.05, 4.69) is 5.32 Å². The Morgan fingerprint density at radius 3 is 2.39 bits per heavy atom. The molecule has 0 radical (unpaired) electrons. The molecule has 1 aromatic carbocycles. The van der Waals surface area contributed by atoms with Crippen molar-refractivity contribution in [2.24, 2.45) is 5.73 Å². The number of hydrogen-bond acceptors (Lipinski definition) is 4. The number of nitrogens with two attached hydrogens (primary N) is 1. The van der Waals surface area contributed by atoms with Crippen LogP contribution in [0.25, 0.3) is 0 Å². The lowest BCUT2D eigenvalue weighted by Crippen LogP contribution is -2.58. The Bertz CT molecular complexity index is 632. The van der Waals surface area contributed by atoms with Gasteiger partial charge in [-0.05, 0) is 12.5 Å². The molecule has 0 saturated carbocycles. The fourth-order valence-corrected chi connectivity index (χ4v) is 2.34. The van der Waals surface area contributed by atoms with Crippen LogP contribution in [-0.4, -0.2) is 53.2 Å². The summed E-state index contributed by atoms with van der Waals surface area (Å²) in [6.45, 7) is 2.49. The molecule has 1 aliphatic heterocycles. The number of rotatable bonds is 4. The van der Waals surface area contributed by atoms with E-state index in [4.69, 9.17) is 5.73 Å². The summed E-state index contributed by atoms with van der Waals surface area (Å²) in [4.78, 5) is 49.8. The van der Waals surface area contributed by atoms with Gasteiger partial charge in [-0.1, -0.05) is 30.3 Å². The number of imide groups is 1. The standard InChI is InChI=1S/C15H18N4O4/c1-2-18-8-9-19(14(22)13(18)21)15(23)17-11(12(16)20)10-6-4-3-5-7-10/h3-7,11H,2,8-9H2,1H3,(H2,16,20)(H,17,23). The lowest BCUT2D eigenvalue weighted by Gasteiger charge is -2.32. The first-order chi connectivity index (χ1) is 11.0. The molecule has 1 saturated heterocycles. The Labute approximate surface area is 133 Å². The molecule has 5 amide bonds. The van der Waals surface area contributed by atoms with E-state index in [0.717, 1.165) is 4.90 Å². The van der Waals surface area contributed by atoms with Crippen LogP contribution in [0.4, 0.5) is 4.79 Å². The van der Waals surface area contributed by atoms with Crippen molar-refractivity contribution in [1.29, 1.82) is 0 Å². The van der Waals surface area contributed by atoms with Crippen LogP contribution in [0, 0.1) is 0 Å². The van der Waals surface area contributed by atoms with Gasteiger partial charge in [-0.15, -0.1) is 0 Å². The summed E-state index contributed by atoms with van der Waals surface area (Å²) in [6.07, 6.45) is 0. The Hall–Kier alpha value is -2.90. The third-order valence-corrected chi connectivity index (χ3v) is 3.62. The molecule has 1 atom stereocenters. The van der Waals surface area contributed by atoms with Crippen LogP contribution in [0.3, 0.4) is 0 Å². The van der Waals surface area contributed by atoms with Crippen LogP contribution < -0.4 is 11.1 Å². The number of hydrogen-bond donors (Lipinski definition) is 2. The van der Waals surface area contributed by atoms with Gasteiger partial charge in [0.15, 0.2) is 0 Å². The van der Waals surface area contributed by atoms with Crippen LogP contribution in [0.1, 0.15) is 18.5 Å². The minimum Gasteiger partial charge on any atom is -0.368 e. The summed E-state index contributed by atoms with van der Waals surface area (Å²) in [5.74, 6) is -2.40. The Morgan fingerprint density at radius 1 is 1.17 bits per heavy atom. The van der Waals surface area contributed by atoms with E-state index in [9.17, 15) is 19.2 Å². The molecule has 0 aromatic heterocycles. The zero-order valence-corrected chi connectivity index (χ0v) is 12.7. The summed E-state index contributed by atoms with van der Waals surface area (Å²) in [6, 6.07) is 6.55. The summed E-state index contributed by atoms with van der Waals surface area (Å²) in [7, 11) is 0. The zero-order chi connectivity index (χ0) is 17.0. The molecule has 8 nitrogen and oxygen atoms in total. The summed E-state index contributed by atoms with van der Waals surface area (Å²) < 4.78 is 0. The number of primary amides is 1. The van der Waals surface area contributed by atoms with E-state index >= 15 is 0 Å². The summed E-state index contributed by atoms with van der Waals surface area (Å²) >= 11 is 0. The predicted octanol–water partition coefficient (Wildman–Crippen LogP) is -0.387. The molecule has 0 spiro atoms. The summed E-state index contributed by atoms with van der Waals surface area (Å²) in [5.41, 5.74) is 5.82. The second-order valence-electron chi connectivity index (χ2n) is 5.04. The average molecular weight is 318 g/mol. The van der Waals surface area contributed by atoms with Crippen molar-refractivity contribution in [2.75, 3.05) is 19.6 Å². The van der Waals surface area contributed by atoms with E-state index in [1.54, 1.807) is 37.3 Å². The highest BCUT2D eigenvalue weighted by molar-refractivity contribution is 6.38. The second-order valence-corrected chi connectivity index (χ2v) is 5.04. The number of urea groups is 1. The van der Waals surface area contributed by atoms with Crippen molar-refractivity contribution in [1.82, 2.24) is 15.1 Å². The lowest BCUT2D eigenvalue weighted by molar-refractivity contribution is -0.153. The normalized spacial score (nSPS) is 16.2. The van der Waals surface area contributed by atoms with Crippen LogP contribution in [0.15, 0.2) is 30.3 Å². The molecule has 122 valence electrons. The molecule has 1 fully saturated rings. The van der Waals surface area contributed by atoms with Gasteiger partial charge in [0.2, 0.25) is 5.91 Å². The molecule has 3 N–H and O–H groups in total. The Morgan fingerprint density at radius 2 is 1.83 bits per heavy atom. The molecule has 8 heteroatoms. The van der Waals surface area contributed by atoms with Crippen LogP contribution in [-0.2, 0) is 14.4 Å². The van der Waals surface area contributed by atoms with Gasteiger partial charge in [-0.3, -0.25) is 19.3 Å². The van der Waals surface area contributed by atoms with Gasteiger partial charge in [0.1, 0.15) is 6.04 Å². The Kier molecular flexibility index (Phi) is 4.95. The van der Waals surface area contributed by atoms with Crippen molar-refractivity contribution in [2.45, 2.75) is 13.0 Å². The van der Waals surface area contributed by atoms with E-state index < -0.39 is 29.8 Å². The molecule has 23 heavy (non-hydrogen) atoms. The molecule has 1 aliphatic rings. The number of nitrogens with zero attached hydrogens (tertiary/aromatic N) is 2. The lowest BCUT2D eigenvalue weighted by atomic mass is 10.1. The van der Waals surface area contributed by atoms with Gasteiger partial charge >= 0.3 is 17.8 Å². The van der Waals surface area contributed by atoms with E-state index in [0.29, 0.717) is 12.1 Å². The van der Waals surface area contributed by atoms with Crippen molar-refractivity contribution in [3.8, 4) is 0 Å². The van der Waals surface area contributed by atoms with Gasteiger partial charge in [-0.25, -0.2) is 4.79 Å². The quantitative estimate of drug-likeness (QED) is 0.736. The number of likely N-dealkylation sites (N-methyl/N-ethyl adjacent to an activating group) is 1. The maximum atomic E-state index is 12.3. The smallest absolute Gasteiger partial charge is 0.325 e. The number of carbonyl (C=O) groups excluding carboxylic acids is 4. The molecule has 1 heterocycles. The highest BCUT2D eigenvalue weighted by Crippen LogP contribution is 2.13. The minimum atomic E-state index is -1.07. The summed E-state index contributed by atoms with van der Waals surface area (Å²) in [5, 5.41) is 2.41. The van der Waals surface area contributed by atoms with Crippen LogP contribution in [0.5, 0.6) is 0 Å². The first-order valence-electron chi connectivity index (χ1n) is 7.21. The topological polar surface area (TPSA) is 113 Å². The number of nitrogens with one attached hydrogen (secondary N) is 1. The highest BCUT2D eigenvalue weighted by atomic mass is 16.2. The average Bonchev–Trinajstić information content (AvgIpc) is 2.55. The molecule has 2 rings (SSSR count). The van der Waals surface area contributed by atoms with Gasteiger partial charge in [0.05, 0.1) is 0 Å². The third kappa shape index (κ3) is 3.47. The van der Waals surface area contributed by atoms with E-state index in [1.807, 2.05) is 0 Å².